The van der Waals surface area contributed by atoms with Crippen molar-refractivity contribution in [3.63, 3.8) is 0 Å². The zero-order valence-electron chi connectivity index (χ0n) is 27.2. The predicted octanol–water partition coefficient (Wildman–Crippen LogP) is -5.24. The Hall–Kier alpha value is -1.05. The van der Waals surface area contributed by atoms with Crippen LogP contribution in [0, 0.1) is 0 Å². The lowest BCUT2D eigenvalue weighted by atomic mass is 10.5. The van der Waals surface area contributed by atoms with Crippen LogP contribution in [-0.2, 0) is 4.79 Å². The highest BCUT2D eigenvalue weighted by atomic mass is 16.4. The smallest absolute Gasteiger partial charge is 0.317 e. The highest BCUT2D eigenvalue weighted by Crippen LogP contribution is 1.68. The molecule has 0 aliphatic carbocycles. The number of hydrogen-bond acceptors (Lipinski definition) is 14. The van der Waals surface area contributed by atoms with E-state index < -0.39 is 5.97 Å². The van der Waals surface area contributed by atoms with Crippen molar-refractivity contribution in [3.8, 4) is 0 Å². The molecule has 0 radical (unpaired) electrons. The summed E-state index contributed by atoms with van der Waals surface area (Å²) in [5, 5.41) is 52.4. The Kier molecular flexibility index (Phi) is 38.0. The number of likely N-dealkylation sites (N-methyl/N-ethyl adjacent to an activating group) is 1. The summed E-state index contributed by atoms with van der Waals surface area (Å²) in [6, 6.07) is 0. The summed E-state index contributed by atoms with van der Waals surface area (Å²) in [6.45, 7) is 26.2. The Labute approximate surface area is 262 Å². The van der Waals surface area contributed by atoms with E-state index in [-0.39, 0.29) is 6.54 Å². The van der Waals surface area contributed by atoms with Gasteiger partial charge in [-0.2, -0.15) is 0 Å². The largest absolute Gasteiger partial charge is 0.480 e. The van der Waals surface area contributed by atoms with Crippen LogP contribution in [0.4, 0.5) is 0 Å². The molecule has 0 heterocycles. The Balaban J connectivity index is 3.03. The van der Waals surface area contributed by atoms with Crippen molar-refractivity contribution < 1.29 is 9.90 Å². The van der Waals surface area contributed by atoms with E-state index in [0.29, 0.717) is 6.54 Å². The average molecular weight is 620 g/mol. The molecule has 0 spiro atoms. The molecule has 0 fully saturated rings. The highest BCUT2D eigenvalue weighted by Gasteiger charge is 1.95. The van der Waals surface area contributed by atoms with Gasteiger partial charge in [0.25, 0.3) is 0 Å². The molecular formula is C28H69N13O2. The Bertz CT molecular complexity index is 539. The second kappa shape index (κ2) is 39.0. The van der Waals surface area contributed by atoms with Gasteiger partial charge in [0.2, 0.25) is 0 Å². The van der Waals surface area contributed by atoms with Crippen LogP contribution < -0.4 is 69.1 Å². The third kappa shape index (κ3) is 41.0. The van der Waals surface area contributed by atoms with Gasteiger partial charge in [0.15, 0.2) is 0 Å². The van der Waals surface area contributed by atoms with E-state index in [9.17, 15) is 4.79 Å². The van der Waals surface area contributed by atoms with Crippen molar-refractivity contribution in [2.45, 2.75) is 6.92 Å². The SMILES string of the molecule is CCNCCNCCNCCNCCNCCNCCNCCNCCNCCNCCNCCNCCNCC(=O)O. The van der Waals surface area contributed by atoms with Crippen LogP contribution >= 0.6 is 0 Å². The first-order valence-corrected chi connectivity index (χ1v) is 16.7. The molecule has 15 nitrogen and oxygen atoms in total. The molecule has 0 aromatic carbocycles. The summed E-state index contributed by atoms with van der Waals surface area (Å²) >= 11 is 0. The molecule has 0 saturated heterocycles. The molecule has 0 amide bonds. The topological polar surface area (TPSA) is 194 Å². The lowest BCUT2D eigenvalue weighted by Gasteiger charge is -2.10. The van der Waals surface area contributed by atoms with Crippen LogP contribution in [0.5, 0.6) is 0 Å². The average Bonchev–Trinajstić information content (AvgIpc) is 3.00. The van der Waals surface area contributed by atoms with E-state index >= 15 is 0 Å². The van der Waals surface area contributed by atoms with Crippen molar-refractivity contribution >= 4 is 5.97 Å². The van der Waals surface area contributed by atoms with Crippen molar-refractivity contribution in [1.29, 1.82) is 0 Å². The fourth-order valence-electron chi connectivity index (χ4n) is 3.87. The first kappa shape index (κ1) is 42.0. The molecule has 15 heteroatoms. The van der Waals surface area contributed by atoms with Gasteiger partial charge in [-0.1, -0.05) is 6.92 Å². The summed E-state index contributed by atoms with van der Waals surface area (Å²) in [5.74, 6) is -0.821. The molecule has 258 valence electrons. The van der Waals surface area contributed by atoms with Gasteiger partial charge >= 0.3 is 5.97 Å². The van der Waals surface area contributed by atoms with Crippen molar-refractivity contribution in [1.82, 2.24) is 69.1 Å². The molecule has 43 heavy (non-hydrogen) atoms. The number of nitrogens with one attached hydrogen (secondary N) is 13. The Morgan fingerprint density at radius 3 is 0.651 bits per heavy atom. The molecule has 0 bridgehead atoms. The Morgan fingerprint density at radius 1 is 0.326 bits per heavy atom. The number of carboxylic acid groups (broad SMARTS) is 1. The van der Waals surface area contributed by atoms with Crippen LogP contribution in [-0.4, -0.2) is 181 Å². The maximum absolute atomic E-state index is 10.4. The van der Waals surface area contributed by atoms with Gasteiger partial charge in [-0.05, 0) is 6.54 Å². The summed E-state index contributed by atoms with van der Waals surface area (Å²) in [5.41, 5.74) is 0. The standard InChI is InChI=1S/C28H69N13O2/c1-2-29-3-4-30-5-6-31-7-8-32-9-10-33-11-12-34-13-14-35-15-16-36-17-18-37-19-20-38-21-22-39-23-24-40-25-26-41-27-28(42)43/h29-41H,2-27H2,1H3,(H,42,43). The molecule has 0 aromatic heterocycles. The minimum atomic E-state index is -0.821. The van der Waals surface area contributed by atoms with Gasteiger partial charge in [-0.15, -0.1) is 0 Å². The van der Waals surface area contributed by atoms with Crippen LogP contribution in [0.1, 0.15) is 6.92 Å². The van der Waals surface area contributed by atoms with Crippen LogP contribution in [0.15, 0.2) is 0 Å². The van der Waals surface area contributed by atoms with Gasteiger partial charge in [-0.3, -0.25) is 4.79 Å². The summed E-state index contributed by atoms with van der Waals surface area (Å²) in [7, 11) is 0. The lowest BCUT2D eigenvalue weighted by Crippen LogP contribution is -2.39. The predicted molar refractivity (Wildman–Crippen MR) is 181 cm³/mol. The summed E-state index contributed by atoms with van der Waals surface area (Å²) in [6.07, 6.45) is 0. The molecule has 0 aliphatic rings. The zero-order chi connectivity index (χ0) is 31.2. The van der Waals surface area contributed by atoms with E-state index in [2.05, 4.69) is 76.0 Å². The minimum absolute atomic E-state index is 0.0149. The monoisotopic (exact) mass is 620 g/mol. The molecule has 0 aliphatic heterocycles. The fraction of sp³-hybridized carbons (Fsp3) is 0.964. The molecule has 0 aromatic rings. The van der Waals surface area contributed by atoms with E-state index in [0.717, 1.165) is 157 Å². The summed E-state index contributed by atoms with van der Waals surface area (Å²) < 4.78 is 0. The normalized spacial score (nSPS) is 11.5. The van der Waals surface area contributed by atoms with Gasteiger partial charge in [0.05, 0.1) is 6.54 Å². The van der Waals surface area contributed by atoms with Crippen molar-refractivity contribution in [2.75, 3.05) is 170 Å². The second-order valence-corrected chi connectivity index (χ2v) is 10.2. The van der Waals surface area contributed by atoms with Gasteiger partial charge in [0.1, 0.15) is 0 Å². The minimum Gasteiger partial charge on any atom is -0.480 e. The third-order valence-corrected chi connectivity index (χ3v) is 6.27. The van der Waals surface area contributed by atoms with E-state index in [1.165, 1.54) is 0 Å². The zero-order valence-corrected chi connectivity index (χ0v) is 27.2. The fourth-order valence-corrected chi connectivity index (χ4v) is 3.87. The summed E-state index contributed by atoms with van der Waals surface area (Å²) in [4.78, 5) is 10.4. The van der Waals surface area contributed by atoms with Gasteiger partial charge in [0, 0.05) is 157 Å². The van der Waals surface area contributed by atoms with Crippen LogP contribution in [0.25, 0.3) is 0 Å². The molecule has 0 atom stereocenters. The van der Waals surface area contributed by atoms with Crippen LogP contribution in [0.2, 0.25) is 0 Å². The van der Waals surface area contributed by atoms with Gasteiger partial charge in [-0.25, -0.2) is 0 Å². The number of rotatable bonds is 39. The number of aliphatic carboxylic acids is 1. The number of hydrogen-bond donors (Lipinski definition) is 14. The van der Waals surface area contributed by atoms with Crippen LogP contribution in [0.3, 0.4) is 0 Å². The highest BCUT2D eigenvalue weighted by molar-refractivity contribution is 5.68. The molecular weight excluding hydrogens is 550 g/mol. The quantitative estimate of drug-likeness (QED) is 0.0292. The number of carboxylic acids is 1. The van der Waals surface area contributed by atoms with E-state index in [4.69, 9.17) is 5.11 Å². The Morgan fingerprint density at radius 2 is 0.488 bits per heavy atom. The first-order valence-electron chi connectivity index (χ1n) is 16.7. The van der Waals surface area contributed by atoms with Crippen molar-refractivity contribution in [3.05, 3.63) is 0 Å². The van der Waals surface area contributed by atoms with Gasteiger partial charge < -0.3 is 74.2 Å². The first-order chi connectivity index (χ1) is 21.3. The second-order valence-electron chi connectivity index (χ2n) is 10.2. The number of carbonyl (C=O) groups is 1. The third-order valence-electron chi connectivity index (χ3n) is 6.27. The maximum Gasteiger partial charge on any atom is 0.317 e. The molecule has 0 unspecified atom stereocenters. The molecule has 0 rings (SSSR count). The molecule has 0 saturated carbocycles. The maximum atomic E-state index is 10.4. The molecule has 14 N–H and O–H groups in total. The lowest BCUT2D eigenvalue weighted by molar-refractivity contribution is -0.135. The van der Waals surface area contributed by atoms with E-state index in [1.807, 2.05) is 0 Å². The van der Waals surface area contributed by atoms with E-state index in [1.54, 1.807) is 0 Å². The van der Waals surface area contributed by atoms with Crippen molar-refractivity contribution in [2.24, 2.45) is 0 Å².